The fourth-order valence-corrected chi connectivity index (χ4v) is 2.91. The summed E-state index contributed by atoms with van der Waals surface area (Å²) in [6, 6.07) is 7.70. The van der Waals surface area contributed by atoms with Crippen molar-refractivity contribution in [2.75, 3.05) is 0 Å². The first-order valence-corrected chi connectivity index (χ1v) is 7.19. The van der Waals surface area contributed by atoms with E-state index >= 15 is 0 Å². The molecule has 0 amide bonds. The molecule has 2 aromatic rings. The fraction of sp³-hybridized carbons (Fsp3) is 0.235. The zero-order valence-corrected chi connectivity index (χ0v) is 12.7. The molecule has 0 aliphatic carbocycles. The molecule has 1 atom stereocenters. The second-order valence-corrected chi connectivity index (χ2v) is 5.67. The van der Waals surface area contributed by atoms with Gasteiger partial charge in [0.2, 0.25) is 0 Å². The number of aromatic hydroxyl groups is 1. The predicted octanol–water partition coefficient (Wildman–Crippen LogP) is 3.38. The topological polar surface area (TPSA) is 89.7 Å². The highest BCUT2D eigenvalue weighted by Gasteiger charge is 2.30. The van der Waals surface area contributed by atoms with Gasteiger partial charge in [-0.05, 0) is 36.6 Å². The molecule has 0 fully saturated rings. The summed E-state index contributed by atoms with van der Waals surface area (Å²) in [6.45, 7) is 3.65. The number of nitrogens with zero attached hydrogens (tertiary/aromatic N) is 1. The third kappa shape index (κ3) is 2.52. The van der Waals surface area contributed by atoms with Crippen LogP contribution in [-0.4, -0.2) is 22.1 Å². The summed E-state index contributed by atoms with van der Waals surface area (Å²) in [5.41, 5.74) is 2.56. The Kier molecular flexibility index (Phi) is 3.52. The minimum absolute atomic E-state index is 0.0755. The summed E-state index contributed by atoms with van der Waals surface area (Å²) in [7, 11) is 0. The van der Waals surface area contributed by atoms with E-state index < -0.39 is 10.9 Å². The van der Waals surface area contributed by atoms with Crippen LogP contribution in [0, 0.1) is 17.0 Å². The van der Waals surface area contributed by atoms with Gasteiger partial charge in [0, 0.05) is 24.1 Å². The monoisotopic (exact) mass is 313 g/mol. The Hall–Kier alpha value is -2.89. The number of carbonyl (C=O) groups is 1. The second-order valence-electron chi connectivity index (χ2n) is 5.67. The van der Waals surface area contributed by atoms with Crippen LogP contribution in [0.4, 0.5) is 5.69 Å². The highest BCUT2D eigenvalue weighted by atomic mass is 16.6. The molecule has 1 aliphatic heterocycles. The van der Waals surface area contributed by atoms with Crippen molar-refractivity contribution in [2.45, 2.75) is 26.4 Å². The molecular weight excluding hydrogens is 298 g/mol. The molecule has 0 spiro atoms. The molecule has 6 nitrogen and oxygen atoms in total. The van der Waals surface area contributed by atoms with Crippen LogP contribution in [-0.2, 0) is 11.2 Å². The van der Waals surface area contributed by atoms with Crippen LogP contribution in [0.1, 0.15) is 28.4 Å². The third-order valence-corrected chi connectivity index (χ3v) is 4.00. The number of nitro groups is 1. The molecule has 23 heavy (non-hydrogen) atoms. The van der Waals surface area contributed by atoms with Crippen molar-refractivity contribution < 1.29 is 19.6 Å². The first-order valence-electron chi connectivity index (χ1n) is 7.19. The normalized spacial score (nSPS) is 16.6. The molecule has 0 saturated carbocycles. The van der Waals surface area contributed by atoms with Gasteiger partial charge < -0.3 is 9.84 Å². The number of esters is 1. The molecule has 0 saturated heterocycles. The number of hydrogen-bond donors (Lipinski definition) is 1. The smallest absolute Gasteiger partial charge is 0.342 e. The Morgan fingerprint density at radius 1 is 1.35 bits per heavy atom. The number of non-ortho nitro benzene ring substituents is 1. The molecule has 2 aromatic carbocycles. The second kappa shape index (κ2) is 5.39. The number of benzene rings is 2. The van der Waals surface area contributed by atoms with Crippen molar-refractivity contribution >= 4 is 11.7 Å². The number of hydrogen-bond acceptors (Lipinski definition) is 5. The lowest BCUT2D eigenvalue weighted by Crippen LogP contribution is -2.26. The first-order chi connectivity index (χ1) is 10.9. The van der Waals surface area contributed by atoms with Gasteiger partial charge >= 0.3 is 5.97 Å². The number of cyclic esters (lactones) is 1. The van der Waals surface area contributed by atoms with Crippen molar-refractivity contribution in [1.29, 1.82) is 0 Å². The van der Waals surface area contributed by atoms with E-state index in [1.54, 1.807) is 25.1 Å². The Morgan fingerprint density at radius 3 is 2.78 bits per heavy atom. The van der Waals surface area contributed by atoms with Crippen LogP contribution in [0.2, 0.25) is 0 Å². The quantitative estimate of drug-likeness (QED) is 0.521. The van der Waals surface area contributed by atoms with Crippen LogP contribution in [0.25, 0.3) is 11.1 Å². The van der Waals surface area contributed by atoms with E-state index in [9.17, 15) is 20.0 Å². The van der Waals surface area contributed by atoms with E-state index in [0.717, 1.165) is 11.1 Å². The average Bonchev–Trinajstić information content (AvgIpc) is 2.50. The van der Waals surface area contributed by atoms with E-state index in [1.165, 1.54) is 12.1 Å². The molecule has 6 heteroatoms. The maximum Gasteiger partial charge on any atom is 0.342 e. The van der Waals surface area contributed by atoms with Crippen molar-refractivity contribution in [3.8, 4) is 16.9 Å². The number of phenols is 1. The Labute approximate surface area is 132 Å². The molecule has 0 unspecified atom stereocenters. The Balaban J connectivity index is 2.21. The number of phenolic OH excluding ortho intramolecular Hbond substituents is 1. The minimum Gasteiger partial charge on any atom is -0.506 e. The van der Waals surface area contributed by atoms with Crippen molar-refractivity contribution in [2.24, 2.45) is 0 Å². The van der Waals surface area contributed by atoms with E-state index in [4.69, 9.17) is 4.74 Å². The number of rotatable bonds is 2. The maximum absolute atomic E-state index is 12.1. The van der Waals surface area contributed by atoms with Crippen molar-refractivity contribution in [3.05, 3.63) is 57.1 Å². The molecule has 3 rings (SSSR count). The van der Waals surface area contributed by atoms with Gasteiger partial charge in [-0.3, -0.25) is 10.1 Å². The summed E-state index contributed by atoms with van der Waals surface area (Å²) >= 11 is 0. The number of ether oxygens (including phenoxy) is 1. The van der Waals surface area contributed by atoms with Crippen LogP contribution in [0.15, 0.2) is 30.3 Å². The van der Waals surface area contributed by atoms with Crippen LogP contribution < -0.4 is 0 Å². The molecule has 0 bridgehead atoms. The zero-order chi connectivity index (χ0) is 16.7. The largest absolute Gasteiger partial charge is 0.506 e. The highest BCUT2D eigenvalue weighted by Crippen LogP contribution is 2.39. The van der Waals surface area contributed by atoms with Gasteiger partial charge in [-0.1, -0.05) is 12.1 Å². The van der Waals surface area contributed by atoms with E-state index in [-0.39, 0.29) is 23.1 Å². The van der Waals surface area contributed by atoms with Gasteiger partial charge in [0.25, 0.3) is 5.69 Å². The van der Waals surface area contributed by atoms with Gasteiger partial charge in [-0.25, -0.2) is 4.79 Å². The summed E-state index contributed by atoms with van der Waals surface area (Å²) in [4.78, 5) is 22.6. The predicted molar refractivity (Wildman–Crippen MR) is 83.5 cm³/mol. The van der Waals surface area contributed by atoms with E-state index in [0.29, 0.717) is 17.5 Å². The molecule has 0 radical (unpaired) electrons. The molecule has 118 valence electrons. The average molecular weight is 313 g/mol. The zero-order valence-electron chi connectivity index (χ0n) is 12.7. The lowest BCUT2D eigenvalue weighted by atomic mass is 9.89. The van der Waals surface area contributed by atoms with Crippen molar-refractivity contribution in [3.63, 3.8) is 0 Å². The third-order valence-electron chi connectivity index (χ3n) is 4.00. The molecule has 1 heterocycles. The summed E-state index contributed by atoms with van der Waals surface area (Å²) in [6.07, 6.45) is 0.298. The summed E-state index contributed by atoms with van der Waals surface area (Å²) in [5, 5.41) is 21.5. The lowest BCUT2D eigenvalue weighted by Gasteiger charge is -2.25. The van der Waals surface area contributed by atoms with Gasteiger partial charge in [0.15, 0.2) is 0 Å². The van der Waals surface area contributed by atoms with Gasteiger partial charge in [-0.15, -0.1) is 0 Å². The number of aryl methyl sites for hydroxylation is 1. The lowest BCUT2D eigenvalue weighted by molar-refractivity contribution is -0.384. The summed E-state index contributed by atoms with van der Waals surface area (Å²) in [5.74, 6) is -0.755. The number of nitro benzene ring substituents is 1. The van der Waals surface area contributed by atoms with E-state index in [2.05, 4.69) is 0 Å². The van der Waals surface area contributed by atoms with Crippen LogP contribution >= 0.6 is 0 Å². The SMILES string of the molecule is Cc1cc(-c2cccc([N+](=O)[O-])c2)c(O)c2c1C[C@@H](C)OC2=O. The van der Waals surface area contributed by atoms with Gasteiger partial charge in [-0.2, -0.15) is 0 Å². The fourth-order valence-electron chi connectivity index (χ4n) is 2.91. The Morgan fingerprint density at radius 2 is 2.09 bits per heavy atom. The molecule has 1 N–H and O–H groups in total. The van der Waals surface area contributed by atoms with E-state index in [1.807, 2.05) is 6.92 Å². The van der Waals surface area contributed by atoms with Crippen LogP contribution in [0.3, 0.4) is 0 Å². The highest BCUT2D eigenvalue weighted by molar-refractivity contribution is 5.98. The maximum atomic E-state index is 12.1. The van der Waals surface area contributed by atoms with Crippen LogP contribution in [0.5, 0.6) is 5.75 Å². The first kappa shape index (κ1) is 15.0. The number of carbonyl (C=O) groups excluding carboxylic acids is 1. The van der Waals surface area contributed by atoms with Gasteiger partial charge in [0.1, 0.15) is 17.4 Å². The minimum atomic E-state index is -0.563. The molecular formula is C17H15NO5. The number of fused-ring (bicyclic) bond motifs is 1. The molecule has 1 aliphatic rings. The van der Waals surface area contributed by atoms with Crippen molar-refractivity contribution in [1.82, 2.24) is 0 Å². The molecule has 0 aromatic heterocycles. The van der Waals surface area contributed by atoms with Gasteiger partial charge in [0.05, 0.1) is 4.92 Å². The standard InChI is InChI=1S/C17H15NO5/c1-9-6-14(11-4-3-5-12(8-11)18(21)22)16(19)15-13(9)7-10(2)23-17(15)20/h3-6,8,10,19H,7H2,1-2H3/t10-/m1/s1. The Bertz CT molecular complexity index is 828. The summed E-state index contributed by atoms with van der Waals surface area (Å²) < 4.78 is 5.19.